The molecule has 2 N–H and O–H groups in total. The maximum absolute atomic E-state index is 12.1. The zero-order valence-electron chi connectivity index (χ0n) is 14.5. The Kier molecular flexibility index (Phi) is 6.54. The van der Waals surface area contributed by atoms with Gasteiger partial charge < -0.3 is 0 Å². The van der Waals surface area contributed by atoms with E-state index in [0.29, 0.717) is 22.2 Å². The fraction of sp³-hybridized carbons (Fsp3) is 0.278. The predicted octanol–water partition coefficient (Wildman–Crippen LogP) is 3.94. The van der Waals surface area contributed by atoms with Gasteiger partial charge in [0, 0.05) is 16.0 Å². The van der Waals surface area contributed by atoms with Crippen LogP contribution in [0.4, 0.5) is 11.4 Å². The number of hydrogen-bond acceptors (Lipinski definition) is 6. The molecule has 0 radical (unpaired) electrons. The van der Waals surface area contributed by atoms with Crippen molar-refractivity contribution in [2.24, 2.45) is 0 Å². The zero-order valence-corrected chi connectivity index (χ0v) is 16.1. The SMILES string of the molecule is O=C(CN1CCCC1)NNc1ccccc1Sc1ccc(Cl)cc1[N+](=O)[O-]. The second-order valence-corrected chi connectivity index (χ2v) is 7.64. The molecule has 0 aliphatic carbocycles. The van der Waals surface area contributed by atoms with E-state index in [0.717, 1.165) is 30.8 Å². The molecule has 142 valence electrons. The molecule has 0 aromatic heterocycles. The number of para-hydroxylation sites is 1. The maximum Gasteiger partial charge on any atom is 0.284 e. The summed E-state index contributed by atoms with van der Waals surface area (Å²) in [5.41, 5.74) is 6.24. The molecule has 1 aliphatic rings. The number of benzene rings is 2. The Morgan fingerprint density at radius 1 is 1.19 bits per heavy atom. The van der Waals surface area contributed by atoms with Crippen molar-refractivity contribution in [3.63, 3.8) is 0 Å². The van der Waals surface area contributed by atoms with Crippen molar-refractivity contribution in [3.05, 3.63) is 57.6 Å². The fourth-order valence-corrected chi connectivity index (χ4v) is 3.97. The predicted molar refractivity (Wildman–Crippen MR) is 106 cm³/mol. The number of halogens is 1. The van der Waals surface area contributed by atoms with Gasteiger partial charge >= 0.3 is 0 Å². The number of anilines is 1. The topological polar surface area (TPSA) is 87.5 Å². The van der Waals surface area contributed by atoms with E-state index in [1.165, 1.54) is 17.8 Å². The van der Waals surface area contributed by atoms with Crippen LogP contribution < -0.4 is 10.9 Å². The van der Waals surface area contributed by atoms with Gasteiger partial charge in [0.2, 0.25) is 0 Å². The molecule has 1 fully saturated rings. The number of hydrogen-bond donors (Lipinski definition) is 2. The van der Waals surface area contributed by atoms with Crippen molar-refractivity contribution >= 4 is 40.6 Å². The number of nitrogens with one attached hydrogen (secondary N) is 2. The minimum Gasteiger partial charge on any atom is -0.297 e. The van der Waals surface area contributed by atoms with Crippen LogP contribution in [0.5, 0.6) is 0 Å². The molecule has 1 heterocycles. The summed E-state index contributed by atoms with van der Waals surface area (Å²) in [5.74, 6) is -0.117. The lowest BCUT2D eigenvalue weighted by Gasteiger charge is -2.16. The first-order valence-corrected chi connectivity index (χ1v) is 9.70. The molecule has 7 nitrogen and oxygen atoms in total. The Bertz CT molecular complexity index is 843. The molecule has 27 heavy (non-hydrogen) atoms. The average Bonchev–Trinajstić information content (AvgIpc) is 3.15. The highest BCUT2D eigenvalue weighted by molar-refractivity contribution is 7.99. The summed E-state index contributed by atoms with van der Waals surface area (Å²) < 4.78 is 0. The molecule has 9 heteroatoms. The third kappa shape index (κ3) is 5.35. The average molecular weight is 407 g/mol. The summed E-state index contributed by atoms with van der Waals surface area (Å²) >= 11 is 7.11. The second kappa shape index (κ2) is 9.07. The summed E-state index contributed by atoms with van der Waals surface area (Å²) in [6.45, 7) is 2.24. The largest absolute Gasteiger partial charge is 0.297 e. The van der Waals surface area contributed by atoms with Crippen LogP contribution in [-0.4, -0.2) is 35.4 Å². The van der Waals surface area contributed by atoms with Gasteiger partial charge in [-0.15, -0.1) is 0 Å². The van der Waals surface area contributed by atoms with Gasteiger partial charge in [0.05, 0.1) is 22.1 Å². The van der Waals surface area contributed by atoms with E-state index in [1.54, 1.807) is 18.2 Å². The van der Waals surface area contributed by atoms with E-state index in [-0.39, 0.29) is 11.6 Å². The Labute approximate surface area is 166 Å². The van der Waals surface area contributed by atoms with Gasteiger partial charge in [0.15, 0.2) is 0 Å². The molecule has 0 unspecified atom stereocenters. The summed E-state index contributed by atoms with van der Waals surface area (Å²) in [6.07, 6.45) is 2.25. The number of carbonyl (C=O) groups excluding carboxylic acids is 1. The van der Waals surface area contributed by atoms with Gasteiger partial charge in [0.1, 0.15) is 0 Å². The molecule has 1 saturated heterocycles. The van der Waals surface area contributed by atoms with Gasteiger partial charge in [-0.1, -0.05) is 35.5 Å². The molecule has 1 amide bonds. The smallest absolute Gasteiger partial charge is 0.284 e. The molecule has 3 rings (SSSR count). The lowest BCUT2D eigenvalue weighted by molar-refractivity contribution is -0.387. The highest BCUT2D eigenvalue weighted by atomic mass is 35.5. The highest BCUT2D eigenvalue weighted by Crippen LogP contribution is 2.39. The normalized spacial score (nSPS) is 14.1. The summed E-state index contributed by atoms with van der Waals surface area (Å²) in [5, 5.41) is 11.6. The number of nitrogens with zero attached hydrogens (tertiary/aromatic N) is 2. The van der Waals surface area contributed by atoms with Crippen LogP contribution in [0.3, 0.4) is 0 Å². The second-order valence-electron chi connectivity index (χ2n) is 6.12. The molecule has 0 spiro atoms. The number of carbonyl (C=O) groups is 1. The van der Waals surface area contributed by atoms with Gasteiger partial charge in [-0.2, -0.15) is 0 Å². The molecule has 0 atom stereocenters. The number of likely N-dealkylation sites (tertiary alicyclic amines) is 1. The lowest BCUT2D eigenvalue weighted by atomic mass is 10.3. The van der Waals surface area contributed by atoms with E-state index in [2.05, 4.69) is 15.8 Å². The third-order valence-electron chi connectivity index (χ3n) is 4.13. The molecule has 2 aromatic rings. The number of nitro benzene ring substituents is 1. The standard InChI is InChI=1S/C18H19ClN4O3S/c19-13-7-8-17(15(11-13)23(25)26)27-16-6-2-1-5-14(16)20-21-18(24)12-22-9-3-4-10-22/h1-2,5-8,11,20H,3-4,9-10,12H2,(H,21,24). The van der Waals surface area contributed by atoms with Gasteiger partial charge in [-0.3, -0.25) is 30.7 Å². The summed E-state index contributed by atoms with van der Waals surface area (Å²) in [7, 11) is 0. The van der Waals surface area contributed by atoms with E-state index < -0.39 is 4.92 Å². The van der Waals surface area contributed by atoms with Crippen molar-refractivity contribution in [1.82, 2.24) is 10.3 Å². The Balaban J connectivity index is 1.69. The molecular weight excluding hydrogens is 388 g/mol. The van der Waals surface area contributed by atoms with Crippen molar-refractivity contribution in [3.8, 4) is 0 Å². The van der Waals surface area contributed by atoms with Crippen LogP contribution in [0.2, 0.25) is 5.02 Å². The number of hydrazine groups is 1. The molecule has 0 saturated carbocycles. The minimum absolute atomic E-state index is 0.0552. The Morgan fingerprint density at radius 3 is 2.67 bits per heavy atom. The van der Waals surface area contributed by atoms with Crippen molar-refractivity contribution < 1.29 is 9.72 Å². The first-order chi connectivity index (χ1) is 13.0. The first-order valence-electron chi connectivity index (χ1n) is 8.51. The molecule has 2 aromatic carbocycles. The van der Waals surface area contributed by atoms with Crippen LogP contribution in [0.25, 0.3) is 0 Å². The van der Waals surface area contributed by atoms with Gasteiger partial charge in [-0.25, -0.2) is 0 Å². The lowest BCUT2D eigenvalue weighted by Crippen LogP contribution is -2.38. The zero-order chi connectivity index (χ0) is 19.2. The molecule has 1 aliphatic heterocycles. The van der Waals surface area contributed by atoms with Crippen molar-refractivity contribution in [2.45, 2.75) is 22.6 Å². The van der Waals surface area contributed by atoms with E-state index >= 15 is 0 Å². The first kappa shape index (κ1) is 19.5. The van der Waals surface area contributed by atoms with Gasteiger partial charge in [-0.05, 0) is 50.2 Å². The van der Waals surface area contributed by atoms with Crippen molar-refractivity contribution in [2.75, 3.05) is 25.1 Å². The Hall–Kier alpha value is -2.29. The summed E-state index contributed by atoms with van der Waals surface area (Å²) in [4.78, 5) is 26.3. The third-order valence-corrected chi connectivity index (χ3v) is 5.50. The molecule has 0 bridgehead atoms. The van der Waals surface area contributed by atoms with Crippen LogP contribution in [-0.2, 0) is 4.79 Å². The fourth-order valence-electron chi connectivity index (χ4n) is 2.82. The summed E-state index contributed by atoms with van der Waals surface area (Å²) in [6, 6.07) is 11.9. The van der Waals surface area contributed by atoms with Crippen LogP contribution in [0, 0.1) is 10.1 Å². The maximum atomic E-state index is 12.1. The Morgan fingerprint density at radius 2 is 1.93 bits per heavy atom. The quantitative estimate of drug-likeness (QED) is 0.535. The number of nitro groups is 1. The highest BCUT2D eigenvalue weighted by Gasteiger charge is 2.18. The van der Waals surface area contributed by atoms with Crippen LogP contribution in [0.15, 0.2) is 52.3 Å². The van der Waals surface area contributed by atoms with Crippen molar-refractivity contribution in [1.29, 1.82) is 0 Å². The monoisotopic (exact) mass is 406 g/mol. The van der Waals surface area contributed by atoms with Gasteiger partial charge in [0.25, 0.3) is 11.6 Å². The van der Waals surface area contributed by atoms with E-state index in [9.17, 15) is 14.9 Å². The number of amides is 1. The number of rotatable bonds is 7. The van der Waals surface area contributed by atoms with Crippen LogP contribution >= 0.6 is 23.4 Å². The van der Waals surface area contributed by atoms with Crippen LogP contribution in [0.1, 0.15) is 12.8 Å². The molecular formula is C18H19ClN4O3S. The van der Waals surface area contributed by atoms with E-state index in [4.69, 9.17) is 11.6 Å². The van der Waals surface area contributed by atoms with E-state index in [1.807, 2.05) is 18.2 Å². The minimum atomic E-state index is -0.456.